The molecule has 0 amide bonds. The summed E-state index contributed by atoms with van der Waals surface area (Å²) in [6.07, 6.45) is -0.499. The van der Waals surface area contributed by atoms with Crippen molar-refractivity contribution in [2.75, 3.05) is 13.1 Å². The predicted molar refractivity (Wildman–Crippen MR) is 125 cm³/mol. The van der Waals surface area contributed by atoms with Crippen molar-refractivity contribution in [3.05, 3.63) is 59.6 Å². The summed E-state index contributed by atoms with van der Waals surface area (Å²) in [5, 5.41) is 10.7. The molecule has 1 aromatic heterocycles. The maximum absolute atomic E-state index is 13.3. The van der Waals surface area contributed by atoms with E-state index in [9.17, 15) is 13.5 Å². The molecule has 164 valence electrons. The molecule has 0 radical (unpaired) electrons. The summed E-state index contributed by atoms with van der Waals surface area (Å²) in [5.41, 5.74) is 9.67. The van der Waals surface area contributed by atoms with Crippen LogP contribution in [0.15, 0.2) is 58.9 Å². The Balaban J connectivity index is 0.00000320. The highest BCUT2D eigenvalue weighted by Crippen LogP contribution is 2.25. The van der Waals surface area contributed by atoms with Gasteiger partial charge in [-0.05, 0) is 36.1 Å². The third-order valence-corrected chi connectivity index (χ3v) is 7.33. The Morgan fingerprint density at radius 2 is 1.83 bits per heavy atom. The van der Waals surface area contributed by atoms with Gasteiger partial charge in [0.1, 0.15) is 0 Å². The molecule has 0 aliphatic rings. The normalized spacial score (nSPS) is 14.1. The van der Waals surface area contributed by atoms with Crippen molar-refractivity contribution in [3.63, 3.8) is 0 Å². The highest BCUT2D eigenvalue weighted by molar-refractivity contribution is 7.89. The van der Waals surface area contributed by atoms with Gasteiger partial charge in [-0.25, -0.2) is 13.4 Å². The van der Waals surface area contributed by atoms with Crippen molar-refractivity contribution in [3.8, 4) is 0 Å². The second-order valence-electron chi connectivity index (χ2n) is 7.62. The molecular weight excluding hydrogens is 442 g/mol. The van der Waals surface area contributed by atoms with E-state index in [0.717, 1.165) is 15.8 Å². The number of aliphatic hydroxyl groups is 1. The Kier molecular flexibility index (Phi) is 8.78. The van der Waals surface area contributed by atoms with Gasteiger partial charge < -0.3 is 10.8 Å². The van der Waals surface area contributed by atoms with Crippen molar-refractivity contribution in [2.24, 2.45) is 11.7 Å². The van der Waals surface area contributed by atoms with E-state index in [0.29, 0.717) is 13.0 Å². The highest BCUT2D eigenvalue weighted by Gasteiger charge is 2.29. The Morgan fingerprint density at radius 1 is 1.13 bits per heavy atom. The molecule has 0 saturated carbocycles. The number of benzene rings is 2. The molecular formula is C21H28ClN3O3S2. The maximum atomic E-state index is 13.3. The van der Waals surface area contributed by atoms with Crippen LogP contribution in [0.5, 0.6) is 0 Å². The fraction of sp³-hybridized carbons (Fsp3) is 0.381. The van der Waals surface area contributed by atoms with E-state index in [1.165, 1.54) is 15.6 Å². The molecule has 2 atom stereocenters. The number of thiazole rings is 1. The van der Waals surface area contributed by atoms with Crippen molar-refractivity contribution >= 4 is 44.0 Å². The first-order valence-corrected chi connectivity index (χ1v) is 11.9. The summed E-state index contributed by atoms with van der Waals surface area (Å²) >= 11 is 1.40. The Labute approximate surface area is 188 Å². The average molecular weight is 470 g/mol. The van der Waals surface area contributed by atoms with Crippen LogP contribution >= 0.6 is 23.7 Å². The third kappa shape index (κ3) is 6.00. The van der Waals surface area contributed by atoms with E-state index >= 15 is 0 Å². The van der Waals surface area contributed by atoms with Crippen molar-refractivity contribution in [1.29, 1.82) is 0 Å². The highest BCUT2D eigenvalue weighted by atomic mass is 35.5. The quantitative estimate of drug-likeness (QED) is 0.501. The maximum Gasteiger partial charge on any atom is 0.243 e. The van der Waals surface area contributed by atoms with Crippen LogP contribution in [0.3, 0.4) is 0 Å². The first kappa shape index (κ1) is 24.7. The fourth-order valence-electron chi connectivity index (χ4n) is 3.19. The van der Waals surface area contributed by atoms with Gasteiger partial charge in [-0.15, -0.1) is 23.7 Å². The van der Waals surface area contributed by atoms with Crippen LogP contribution < -0.4 is 5.73 Å². The molecule has 0 bridgehead atoms. The summed E-state index contributed by atoms with van der Waals surface area (Å²) in [6, 6.07) is 14.0. The van der Waals surface area contributed by atoms with E-state index in [1.54, 1.807) is 23.7 Å². The molecule has 1 heterocycles. The first-order chi connectivity index (χ1) is 13.8. The van der Waals surface area contributed by atoms with Crippen LogP contribution in [-0.4, -0.2) is 48.0 Å². The zero-order valence-electron chi connectivity index (χ0n) is 17.0. The van der Waals surface area contributed by atoms with Crippen molar-refractivity contribution < 1.29 is 13.5 Å². The summed E-state index contributed by atoms with van der Waals surface area (Å²) in [6.45, 7) is 4.16. The Bertz CT molecular complexity index is 1040. The fourth-order valence-corrected chi connectivity index (χ4v) is 5.63. The molecule has 6 nitrogen and oxygen atoms in total. The standard InChI is InChI=1S/C21H27N3O3S2.ClH/c1-15(2)12-24(13-20(25)18(22)10-16-6-4-3-5-7-16)29(26,27)17-8-9-19-21(11-17)28-14-23-19;/h3-9,11,14-15,18,20,25H,10,12-13,22H2,1-2H3;1H/t18-,20+;/m0./s1. The molecule has 2 aromatic carbocycles. The topological polar surface area (TPSA) is 96.5 Å². The lowest BCUT2D eigenvalue weighted by atomic mass is 10.0. The van der Waals surface area contributed by atoms with Gasteiger partial charge in [0.15, 0.2) is 0 Å². The van der Waals surface area contributed by atoms with E-state index < -0.39 is 22.2 Å². The Morgan fingerprint density at radius 3 is 2.50 bits per heavy atom. The molecule has 0 aliphatic carbocycles. The number of hydrogen-bond acceptors (Lipinski definition) is 6. The monoisotopic (exact) mass is 469 g/mol. The molecule has 3 aromatic rings. The largest absolute Gasteiger partial charge is 0.390 e. The lowest BCUT2D eigenvalue weighted by molar-refractivity contribution is 0.116. The lowest BCUT2D eigenvalue weighted by Gasteiger charge is -2.28. The SMILES string of the molecule is CC(C)CN(C[C@@H](O)[C@@H](N)Cc1ccccc1)S(=O)(=O)c1ccc2ncsc2c1.Cl. The molecule has 0 aliphatic heterocycles. The second-order valence-corrected chi connectivity index (χ2v) is 10.4. The van der Waals surface area contributed by atoms with Gasteiger partial charge in [-0.1, -0.05) is 44.2 Å². The van der Waals surface area contributed by atoms with Crippen LogP contribution in [0, 0.1) is 5.92 Å². The van der Waals surface area contributed by atoms with Gasteiger partial charge in [0.25, 0.3) is 0 Å². The summed E-state index contributed by atoms with van der Waals surface area (Å²) in [7, 11) is -3.77. The zero-order valence-corrected chi connectivity index (χ0v) is 19.5. The van der Waals surface area contributed by atoms with Crippen LogP contribution in [0.4, 0.5) is 0 Å². The van der Waals surface area contributed by atoms with Crippen LogP contribution in [0.1, 0.15) is 19.4 Å². The summed E-state index contributed by atoms with van der Waals surface area (Å²) in [5.74, 6) is 0.106. The molecule has 9 heteroatoms. The van der Waals surface area contributed by atoms with Gasteiger partial charge in [-0.2, -0.15) is 4.31 Å². The lowest BCUT2D eigenvalue weighted by Crippen LogP contribution is -2.47. The molecule has 3 rings (SSSR count). The van der Waals surface area contributed by atoms with Gasteiger partial charge in [-0.3, -0.25) is 0 Å². The van der Waals surface area contributed by atoms with Crippen LogP contribution in [0.25, 0.3) is 10.2 Å². The molecule has 30 heavy (non-hydrogen) atoms. The van der Waals surface area contributed by atoms with E-state index in [-0.39, 0.29) is 29.8 Å². The summed E-state index contributed by atoms with van der Waals surface area (Å²) in [4.78, 5) is 4.41. The van der Waals surface area contributed by atoms with Crippen LogP contribution in [0.2, 0.25) is 0 Å². The molecule has 0 fully saturated rings. The minimum Gasteiger partial charge on any atom is -0.390 e. The summed E-state index contributed by atoms with van der Waals surface area (Å²) < 4.78 is 28.8. The smallest absolute Gasteiger partial charge is 0.243 e. The number of nitrogens with zero attached hydrogens (tertiary/aromatic N) is 2. The third-order valence-electron chi connectivity index (χ3n) is 4.71. The van der Waals surface area contributed by atoms with Crippen molar-refractivity contribution in [1.82, 2.24) is 9.29 Å². The van der Waals surface area contributed by atoms with E-state index in [1.807, 2.05) is 44.2 Å². The number of aliphatic hydroxyl groups excluding tert-OH is 1. The van der Waals surface area contributed by atoms with Gasteiger partial charge >= 0.3 is 0 Å². The number of halogens is 1. The number of sulfonamides is 1. The molecule has 0 spiro atoms. The van der Waals surface area contributed by atoms with Crippen molar-refractivity contribution in [2.45, 2.75) is 37.3 Å². The number of aromatic nitrogens is 1. The average Bonchev–Trinajstić information content (AvgIpc) is 3.15. The Hall–Kier alpha value is -1.55. The van der Waals surface area contributed by atoms with Crippen LogP contribution in [-0.2, 0) is 16.4 Å². The minimum atomic E-state index is -3.77. The molecule has 0 saturated heterocycles. The zero-order chi connectivity index (χ0) is 21.0. The second kappa shape index (κ2) is 10.7. The molecule has 0 unspecified atom stereocenters. The number of rotatable bonds is 9. The minimum absolute atomic E-state index is 0. The number of fused-ring (bicyclic) bond motifs is 1. The number of hydrogen-bond donors (Lipinski definition) is 2. The predicted octanol–water partition coefficient (Wildman–Crippen LogP) is 3.30. The van der Waals surface area contributed by atoms with Gasteiger partial charge in [0.05, 0.1) is 26.7 Å². The van der Waals surface area contributed by atoms with E-state index in [2.05, 4.69) is 4.98 Å². The first-order valence-electron chi connectivity index (χ1n) is 9.58. The number of nitrogens with two attached hydrogens (primary N) is 1. The van der Waals surface area contributed by atoms with Gasteiger partial charge in [0, 0.05) is 19.1 Å². The molecule has 3 N–H and O–H groups in total. The van der Waals surface area contributed by atoms with E-state index in [4.69, 9.17) is 5.73 Å². The van der Waals surface area contributed by atoms with Gasteiger partial charge in [0.2, 0.25) is 10.0 Å².